The zero-order valence-corrected chi connectivity index (χ0v) is 14.1. The van der Waals surface area contributed by atoms with Crippen LogP contribution in [0.5, 0.6) is 17.2 Å². The van der Waals surface area contributed by atoms with Crippen molar-refractivity contribution in [2.75, 3.05) is 7.11 Å². The number of hydrogen-bond acceptors (Lipinski definition) is 7. The highest BCUT2D eigenvalue weighted by molar-refractivity contribution is 5.60. The molecule has 0 bridgehead atoms. The number of halogens is 2. The molecule has 138 valence electrons. The van der Waals surface area contributed by atoms with Crippen LogP contribution in [0.3, 0.4) is 0 Å². The van der Waals surface area contributed by atoms with E-state index in [1.165, 1.54) is 25.3 Å². The fourth-order valence-corrected chi connectivity index (χ4v) is 2.23. The lowest BCUT2D eigenvalue weighted by Crippen LogP contribution is -2.03. The van der Waals surface area contributed by atoms with Gasteiger partial charge in [-0.25, -0.2) is 0 Å². The van der Waals surface area contributed by atoms with E-state index in [4.69, 9.17) is 19.3 Å². The minimum absolute atomic E-state index is 0.00555. The molecule has 0 saturated heterocycles. The van der Waals surface area contributed by atoms with Gasteiger partial charge in [0.05, 0.1) is 18.7 Å². The summed E-state index contributed by atoms with van der Waals surface area (Å²) in [6.07, 6.45) is 0. The first kappa shape index (κ1) is 18.1. The zero-order valence-electron chi connectivity index (χ0n) is 14.1. The molecular formula is C18H13F2N3O4. The highest BCUT2D eigenvalue weighted by Gasteiger charge is 2.15. The normalized spacial score (nSPS) is 10.5. The Morgan fingerprint density at radius 3 is 2.78 bits per heavy atom. The number of rotatable bonds is 7. The van der Waals surface area contributed by atoms with Gasteiger partial charge in [0.1, 0.15) is 5.75 Å². The maximum Gasteiger partial charge on any atom is 0.387 e. The van der Waals surface area contributed by atoms with E-state index in [0.29, 0.717) is 16.9 Å². The molecule has 0 N–H and O–H groups in total. The number of nitriles is 1. The second kappa shape index (κ2) is 8.14. The molecule has 1 aromatic heterocycles. The molecule has 7 nitrogen and oxygen atoms in total. The highest BCUT2D eigenvalue weighted by atomic mass is 19.3. The fourth-order valence-electron chi connectivity index (χ4n) is 2.23. The van der Waals surface area contributed by atoms with Crippen molar-refractivity contribution in [3.8, 4) is 34.7 Å². The first-order valence-corrected chi connectivity index (χ1v) is 7.68. The lowest BCUT2D eigenvalue weighted by atomic mass is 10.2. The fraction of sp³-hybridized carbons (Fsp3) is 0.167. The van der Waals surface area contributed by atoms with E-state index in [9.17, 15) is 8.78 Å². The van der Waals surface area contributed by atoms with E-state index in [0.717, 1.165) is 0 Å². The van der Waals surface area contributed by atoms with Crippen LogP contribution in [0.1, 0.15) is 11.5 Å². The molecule has 0 unspecified atom stereocenters. The molecule has 1 heterocycles. The van der Waals surface area contributed by atoms with Gasteiger partial charge in [-0.3, -0.25) is 0 Å². The van der Waals surface area contributed by atoms with E-state index in [-0.39, 0.29) is 29.8 Å². The number of benzene rings is 2. The van der Waals surface area contributed by atoms with Crippen LogP contribution in [0.2, 0.25) is 0 Å². The summed E-state index contributed by atoms with van der Waals surface area (Å²) in [6.45, 7) is -2.95. The van der Waals surface area contributed by atoms with E-state index < -0.39 is 6.61 Å². The molecule has 0 spiro atoms. The van der Waals surface area contributed by atoms with Crippen LogP contribution in [-0.2, 0) is 6.61 Å². The number of ether oxygens (including phenoxy) is 3. The van der Waals surface area contributed by atoms with Crippen LogP contribution in [0.15, 0.2) is 47.0 Å². The molecule has 2 aromatic carbocycles. The van der Waals surface area contributed by atoms with Crippen LogP contribution in [0.25, 0.3) is 11.4 Å². The Labute approximate surface area is 152 Å². The Kier molecular flexibility index (Phi) is 5.47. The minimum Gasteiger partial charge on any atom is -0.493 e. The van der Waals surface area contributed by atoms with Crippen molar-refractivity contribution in [2.24, 2.45) is 0 Å². The summed E-state index contributed by atoms with van der Waals surface area (Å²) in [6, 6.07) is 13.0. The molecular weight excluding hydrogens is 360 g/mol. The van der Waals surface area contributed by atoms with Crippen LogP contribution in [0, 0.1) is 11.3 Å². The third-order valence-electron chi connectivity index (χ3n) is 3.43. The first-order valence-electron chi connectivity index (χ1n) is 7.68. The van der Waals surface area contributed by atoms with Crippen LogP contribution in [0.4, 0.5) is 8.78 Å². The number of methoxy groups -OCH3 is 1. The smallest absolute Gasteiger partial charge is 0.387 e. The molecule has 3 aromatic rings. The number of alkyl halides is 2. The number of aromatic nitrogens is 2. The molecule has 3 rings (SSSR count). The van der Waals surface area contributed by atoms with Gasteiger partial charge in [-0.05, 0) is 36.4 Å². The summed E-state index contributed by atoms with van der Waals surface area (Å²) in [4.78, 5) is 4.19. The summed E-state index contributed by atoms with van der Waals surface area (Å²) in [5.41, 5.74) is 0.965. The molecule has 0 fully saturated rings. The molecule has 0 radical (unpaired) electrons. The third-order valence-corrected chi connectivity index (χ3v) is 3.43. The second-order valence-corrected chi connectivity index (χ2v) is 5.18. The molecule has 9 heteroatoms. The van der Waals surface area contributed by atoms with Gasteiger partial charge >= 0.3 is 6.61 Å². The number of hydrogen-bond donors (Lipinski definition) is 0. The van der Waals surface area contributed by atoms with E-state index in [2.05, 4.69) is 14.9 Å². The van der Waals surface area contributed by atoms with Crippen molar-refractivity contribution >= 4 is 0 Å². The second-order valence-electron chi connectivity index (χ2n) is 5.18. The molecule has 0 aliphatic heterocycles. The number of nitrogens with zero attached hydrogens (tertiary/aromatic N) is 3. The largest absolute Gasteiger partial charge is 0.493 e. The molecule has 0 aliphatic carbocycles. The van der Waals surface area contributed by atoms with Crippen molar-refractivity contribution in [1.29, 1.82) is 5.26 Å². The average molecular weight is 373 g/mol. The van der Waals surface area contributed by atoms with Gasteiger partial charge in [-0.15, -0.1) is 0 Å². The van der Waals surface area contributed by atoms with E-state index in [1.54, 1.807) is 24.3 Å². The van der Waals surface area contributed by atoms with E-state index in [1.807, 2.05) is 6.07 Å². The molecule has 0 aliphatic rings. The molecule has 0 saturated carbocycles. The summed E-state index contributed by atoms with van der Waals surface area (Å²) in [5.74, 6) is 0.953. The van der Waals surface area contributed by atoms with Gasteiger partial charge in [-0.1, -0.05) is 11.2 Å². The summed E-state index contributed by atoms with van der Waals surface area (Å²) >= 11 is 0. The van der Waals surface area contributed by atoms with Crippen molar-refractivity contribution in [3.05, 3.63) is 53.9 Å². The van der Waals surface area contributed by atoms with Gasteiger partial charge in [-0.2, -0.15) is 19.0 Å². The SMILES string of the molecule is COc1cc(-c2noc(COc3cccc(C#N)c3)n2)ccc1OC(F)F. The monoisotopic (exact) mass is 373 g/mol. The Morgan fingerprint density at radius 1 is 1.19 bits per heavy atom. The van der Waals surface area contributed by atoms with Crippen molar-refractivity contribution < 1.29 is 27.5 Å². The zero-order chi connectivity index (χ0) is 19.2. The van der Waals surface area contributed by atoms with Gasteiger partial charge in [0.25, 0.3) is 5.89 Å². The third kappa shape index (κ3) is 4.49. The van der Waals surface area contributed by atoms with Crippen LogP contribution >= 0.6 is 0 Å². The standard InChI is InChI=1S/C18H13F2N3O4/c1-24-15-8-12(5-6-14(15)26-18(19)20)17-22-16(27-23-17)10-25-13-4-2-3-11(7-13)9-21/h2-8,18H,10H2,1H3. The maximum atomic E-state index is 12.4. The predicted molar refractivity (Wildman–Crippen MR) is 88.4 cm³/mol. The quantitative estimate of drug-likeness (QED) is 0.622. The van der Waals surface area contributed by atoms with Gasteiger partial charge in [0.2, 0.25) is 5.82 Å². The molecule has 0 amide bonds. The van der Waals surface area contributed by atoms with Crippen LogP contribution in [-0.4, -0.2) is 23.9 Å². The summed E-state index contributed by atoms with van der Waals surface area (Å²) in [5, 5.41) is 12.7. The maximum absolute atomic E-state index is 12.4. The predicted octanol–water partition coefficient (Wildman–Crippen LogP) is 3.80. The van der Waals surface area contributed by atoms with Crippen molar-refractivity contribution in [1.82, 2.24) is 10.1 Å². The lowest BCUT2D eigenvalue weighted by Gasteiger charge is -2.10. The highest BCUT2D eigenvalue weighted by Crippen LogP contribution is 2.32. The Hall–Kier alpha value is -3.67. The summed E-state index contributed by atoms with van der Waals surface area (Å²) < 4.78 is 44.8. The lowest BCUT2D eigenvalue weighted by molar-refractivity contribution is -0.0512. The van der Waals surface area contributed by atoms with Gasteiger partial charge < -0.3 is 18.7 Å². The minimum atomic E-state index is -2.96. The Bertz CT molecular complexity index is 969. The average Bonchev–Trinajstić information content (AvgIpc) is 3.15. The van der Waals surface area contributed by atoms with Gasteiger partial charge in [0.15, 0.2) is 18.1 Å². The van der Waals surface area contributed by atoms with Gasteiger partial charge in [0, 0.05) is 5.56 Å². The topological polar surface area (TPSA) is 90.4 Å². The molecule has 27 heavy (non-hydrogen) atoms. The Balaban J connectivity index is 1.72. The van der Waals surface area contributed by atoms with Crippen molar-refractivity contribution in [3.63, 3.8) is 0 Å². The summed E-state index contributed by atoms with van der Waals surface area (Å²) in [7, 11) is 1.34. The molecule has 0 atom stereocenters. The first-order chi connectivity index (χ1) is 13.1. The van der Waals surface area contributed by atoms with E-state index >= 15 is 0 Å². The van der Waals surface area contributed by atoms with Crippen molar-refractivity contribution in [2.45, 2.75) is 13.2 Å². The Morgan fingerprint density at radius 2 is 2.04 bits per heavy atom. The van der Waals surface area contributed by atoms with Crippen LogP contribution < -0.4 is 14.2 Å².